The first-order chi connectivity index (χ1) is 13.5. The number of benzene rings is 1. The summed E-state index contributed by atoms with van der Waals surface area (Å²) in [6.45, 7) is 5.12. The van der Waals surface area contributed by atoms with E-state index in [1.165, 1.54) is 18.2 Å². The first kappa shape index (κ1) is 21.6. The fourth-order valence-electron chi connectivity index (χ4n) is 3.11. The van der Waals surface area contributed by atoms with Crippen molar-refractivity contribution in [2.75, 3.05) is 33.2 Å². The molecule has 1 amide bonds. The predicted molar refractivity (Wildman–Crippen MR) is 107 cm³/mol. The first-order valence-electron chi connectivity index (χ1n) is 9.70. The third kappa shape index (κ3) is 6.82. The van der Waals surface area contributed by atoms with Crippen LogP contribution in [0, 0.1) is 17.1 Å². The number of rotatable bonds is 7. The lowest BCUT2D eigenvalue weighted by atomic mass is 10.1. The molecule has 1 aliphatic heterocycles. The minimum absolute atomic E-state index is 0.0763. The van der Waals surface area contributed by atoms with Crippen LogP contribution in [0.15, 0.2) is 23.2 Å². The smallest absolute Gasteiger partial charge is 0.234 e. The van der Waals surface area contributed by atoms with Crippen LogP contribution in [0.5, 0.6) is 0 Å². The summed E-state index contributed by atoms with van der Waals surface area (Å²) in [6, 6.07) is 6.57. The van der Waals surface area contributed by atoms with Crippen molar-refractivity contribution in [1.82, 2.24) is 20.9 Å². The van der Waals surface area contributed by atoms with Crippen molar-refractivity contribution in [3.63, 3.8) is 0 Å². The third-order valence-corrected chi connectivity index (χ3v) is 4.71. The molecule has 7 nitrogen and oxygen atoms in total. The van der Waals surface area contributed by atoms with Crippen LogP contribution in [-0.2, 0) is 11.3 Å². The van der Waals surface area contributed by atoms with E-state index in [1.807, 2.05) is 13.0 Å². The van der Waals surface area contributed by atoms with Gasteiger partial charge in [-0.3, -0.25) is 14.7 Å². The van der Waals surface area contributed by atoms with E-state index >= 15 is 0 Å². The average Bonchev–Trinajstić information content (AvgIpc) is 2.71. The van der Waals surface area contributed by atoms with Crippen LogP contribution < -0.4 is 16.0 Å². The Labute approximate surface area is 166 Å². The van der Waals surface area contributed by atoms with Crippen LogP contribution >= 0.6 is 0 Å². The molecule has 3 N–H and O–H groups in total. The van der Waals surface area contributed by atoms with Crippen molar-refractivity contribution in [3.8, 4) is 6.07 Å². The zero-order valence-corrected chi connectivity index (χ0v) is 16.6. The summed E-state index contributed by atoms with van der Waals surface area (Å²) in [5.41, 5.74) is 0.853. The number of aliphatic imine (C=N–C) groups is 1. The molecule has 2 rings (SSSR count). The molecular weight excluding hydrogens is 359 g/mol. The number of hydrogen-bond donors (Lipinski definition) is 3. The van der Waals surface area contributed by atoms with Gasteiger partial charge in [0.05, 0.1) is 18.2 Å². The van der Waals surface area contributed by atoms with Crippen molar-refractivity contribution < 1.29 is 9.18 Å². The maximum absolute atomic E-state index is 13.9. The average molecular weight is 388 g/mol. The number of carbonyl (C=O) groups is 1. The van der Waals surface area contributed by atoms with Crippen molar-refractivity contribution in [1.29, 1.82) is 5.26 Å². The second-order valence-corrected chi connectivity index (χ2v) is 6.89. The number of piperidine rings is 1. The maximum Gasteiger partial charge on any atom is 0.234 e. The van der Waals surface area contributed by atoms with Gasteiger partial charge in [0.15, 0.2) is 5.96 Å². The molecular formula is C20H29FN6O. The Balaban J connectivity index is 1.77. The Morgan fingerprint density at radius 1 is 1.36 bits per heavy atom. The lowest BCUT2D eigenvalue weighted by molar-refractivity contribution is -0.122. The Bertz CT molecular complexity index is 722. The van der Waals surface area contributed by atoms with Gasteiger partial charge in [-0.15, -0.1) is 0 Å². The number of nitrogens with zero attached hydrogens (tertiary/aromatic N) is 3. The molecule has 28 heavy (non-hydrogen) atoms. The SMILES string of the molecule is CCCNC(=O)CN1CCC(NC(=NC)NCc2cc(C#N)ccc2F)CC1. The second-order valence-electron chi connectivity index (χ2n) is 6.89. The molecule has 0 saturated carbocycles. The number of nitrogens with one attached hydrogen (secondary N) is 3. The molecule has 1 aromatic carbocycles. The largest absolute Gasteiger partial charge is 0.355 e. The lowest BCUT2D eigenvalue weighted by Gasteiger charge is -2.32. The van der Waals surface area contributed by atoms with Crippen molar-refractivity contribution in [2.24, 2.45) is 4.99 Å². The van der Waals surface area contributed by atoms with Gasteiger partial charge < -0.3 is 16.0 Å². The predicted octanol–water partition coefficient (Wildman–Crippen LogP) is 1.35. The zero-order chi connectivity index (χ0) is 20.4. The number of guanidine groups is 1. The molecule has 152 valence electrons. The fraction of sp³-hybridized carbons (Fsp3) is 0.550. The minimum Gasteiger partial charge on any atom is -0.355 e. The zero-order valence-electron chi connectivity index (χ0n) is 16.6. The highest BCUT2D eigenvalue weighted by Crippen LogP contribution is 2.11. The number of nitriles is 1. The van der Waals surface area contributed by atoms with Gasteiger partial charge >= 0.3 is 0 Å². The first-order valence-corrected chi connectivity index (χ1v) is 9.70. The summed E-state index contributed by atoms with van der Waals surface area (Å²) in [5.74, 6) is 0.324. The van der Waals surface area contributed by atoms with Gasteiger partial charge in [-0.25, -0.2) is 4.39 Å². The molecule has 8 heteroatoms. The van der Waals surface area contributed by atoms with E-state index in [2.05, 4.69) is 25.8 Å². The van der Waals surface area contributed by atoms with Gasteiger partial charge in [-0.05, 0) is 37.5 Å². The summed E-state index contributed by atoms with van der Waals surface area (Å²) >= 11 is 0. The van der Waals surface area contributed by atoms with E-state index in [0.29, 0.717) is 23.6 Å². The topological polar surface area (TPSA) is 92.6 Å². The molecule has 0 bridgehead atoms. The van der Waals surface area contributed by atoms with Gasteiger partial charge in [0.25, 0.3) is 0 Å². The van der Waals surface area contributed by atoms with E-state index in [9.17, 15) is 9.18 Å². The van der Waals surface area contributed by atoms with Crippen molar-refractivity contribution in [2.45, 2.75) is 38.8 Å². The Hall–Kier alpha value is -2.66. The van der Waals surface area contributed by atoms with E-state index in [4.69, 9.17) is 5.26 Å². The van der Waals surface area contributed by atoms with Gasteiger partial charge in [-0.1, -0.05) is 6.92 Å². The fourth-order valence-corrected chi connectivity index (χ4v) is 3.11. The van der Waals surface area contributed by atoms with Gasteiger partial charge in [0, 0.05) is 44.8 Å². The molecule has 0 atom stereocenters. The monoisotopic (exact) mass is 388 g/mol. The number of carbonyl (C=O) groups excluding carboxylic acids is 1. The Kier molecular flexibility index (Phi) is 8.69. The van der Waals surface area contributed by atoms with E-state index in [1.54, 1.807) is 7.05 Å². The molecule has 1 aromatic rings. The van der Waals surface area contributed by atoms with E-state index < -0.39 is 0 Å². The number of halogens is 1. The summed E-state index contributed by atoms with van der Waals surface area (Å²) < 4.78 is 13.9. The molecule has 0 unspecified atom stereocenters. The van der Waals surface area contributed by atoms with Crippen molar-refractivity contribution >= 4 is 11.9 Å². The molecule has 0 spiro atoms. The minimum atomic E-state index is -0.350. The van der Waals surface area contributed by atoms with Crippen LogP contribution in [0.1, 0.15) is 37.3 Å². The quantitative estimate of drug-likeness (QED) is 0.484. The molecule has 1 saturated heterocycles. The summed E-state index contributed by atoms with van der Waals surface area (Å²) in [5, 5.41) is 18.3. The third-order valence-electron chi connectivity index (χ3n) is 4.71. The standard InChI is InChI=1S/C20H29FN6O/c1-3-8-24-19(28)14-27-9-6-17(7-10-27)26-20(23-2)25-13-16-11-15(12-22)4-5-18(16)21/h4-5,11,17H,3,6-10,13-14H2,1-2H3,(H,24,28)(H2,23,25,26). The van der Waals surface area contributed by atoms with Crippen LogP contribution in [0.2, 0.25) is 0 Å². The van der Waals surface area contributed by atoms with Gasteiger partial charge in [0.1, 0.15) is 5.82 Å². The van der Waals surface area contributed by atoms with Crippen LogP contribution in [0.3, 0.4) is 0 Å². The normalized spacial score (nSPS) is 15.7. The lowest BCUT2D eigenvalue weighted by Crippen LogP contribution is -2.50. The summed E-state index contributed by atoms with van der Waals surface area (Å²) in [4.78, 5) is 18.2. The van der Waals surface area contributed by atoms with Crippen LogP contribution in [0.25, 0.3) is 0 Å². The molecule has 0 aliphatic carbocycles. The molecule has 1 fully saturated rings. The van der Waals surface area contributed by atoms with Gasteiger partial charge in [-0.2, -0.15) is 5.26 Å². The van der Waals surface area contributed by atoms with Crippen LogP contribution in [0.4, 0.5) is 4.39 Å². The molecule has 0 aromatic heterocycles. The molecule has 1 heterocycles. The summed E-state index contributed by atoms with van der Waals surface area (Å²) in [7, 11) is 1.67. The Morgan fingerprint density at radius 2 is 2.11 bits per heavy atom. The maximum atomic E-state index is 13.9. The van der Waals surface area contributed by atoms with Crippen molar-refractivity contribution in [3.05, 3.63) is 35.1 Å². The number of hydrogen-bond acceptors (Lipinski definition) is 4. The number of likely N-dealkylation sites (tertiary alicyclic amines) is 1. The highest BCUT2D eigenvalue weighted by molar-refractivity contribution is 5.80. The Morgan fingerprint density at radius 3 is 2.75 bits per heavy atom. The second kappa shape index (κ2) is 11.2. The molecule has 0 radical (unpaired) electrons. The van der Waals surface area contributed by atoms with Gasteiger partial charge in [0.2, 0.25) is 5.91 Å². The number of amides is 1. The van der Waals surface area contributed by atoms with E-state index in [0.717, 1.165) is 38.9 Å². The summed E-state index contributed by atoms with van der Waals surface area (Å²) in [6.07, 6.45) is 2.74. The van der Waals surface area contributed by atoms with E-state index in [-0.39, 0.29) is 24.3 Å². The molecule has 1 aliphatic rings. The highest BCUT2D eigenvalue weighted by atomic mass is 19.1. The highest BCUT2D eigenvalue weighted by Gasteiger charge is 2.21. The van der Waals surface area contributed by atoms with Crippen LogP contribution in [-0.4, -0.2) is 56.0 Å².